The first kappa shape index (κ1) is 15.7. The van der Waals surface area contributed by atoms with E-state index in [4.69, 9.17) is 4.74 Å². The van der Waals surface area contributed by atoms with Crippen LogP contribution in [0.4, 0.5) is 0 Å². The molecule has 0 bridgehead atoms. The van der Waals surface area contributed by atoms with Crippen molar-refractivity contribution in [1.29, 1.82) is 0 Å². The molecule has 0 radical (unpaired) electrons. The summed E-state index contributed by atoms with van der Waals surface area (Å²) in [5, 5.41) is 7.96. The van der Waals surface area contributed by atoms with Crippen LogP contribution in [0.25, 0.3) is 0 Å². The maximum Gasteiger partial charge on any atom is 0.220 e. The molecule has 0 aromatic carbocycles. The Morgan fingerprint density at radius 2 is 2.33 bits per heavy atom. The summed E-state index contributed by atoms with van der Waals surface area (Å²) in [7, 11) is 3.53. The molecule has 0 aliphatic heterocycles. The molecule has 2 aromatic heterocycles. The second-order valence-electron chi connectivity index (χ2n) is 4.77. The molecule has 7 heteroatoms. The van der Waals surface area contributed by atoms with Gasteiger partial charge < -0.3 is 10.1 Å². The molecule has 0 aliphatic carbocycles. The fourth-order valence-electron chi connectivity index (χ4n) is 1.99. The summed E-state index contributed by atoms with van der Waals surface area (Å²) >= 11 is 1.58. The number of hydrogen-bond acceptors (Lipinski definition) is 5. The van der Waals surface area contributed by atoms with Crippen LogP contribution < -0.4 is 5.32 Å². The molecule has 21 heavy (non-hydrogen) atoms. The van der Waals surface area contributed by atoms with Crippen LogP contribution in [0.15, 0.2) is 12.3 Å². The van der Waals surface area contributed by atoms with E-state index in [0.29, 0.717) is 26.0 Å². The molecule has 0 spiro atoms. The highest BCUT2D eigenvalue weighted by atomic mass is 32.1. The van der Waals surface area contributed by atoms with Gasteiger partial charge in [-0.25, -0.2) is 4.98 Å². The number of methoxy groups -OCH3 is 1. The predicted octanol–water partition coefficient (Wildman–Crippen LogP) is 1.58. The van der Waals surface area contributed by atoms with Crippen LogP contribution in [-0.4, -0.2) is 27.8 Å². The van der Waals surface area contributed by atoms with E-state index in [9.17, 15) is 4.79 Å². The van der Waals surface area contributed by atoms with Gasteiger partial charge in [0.25, 0.3) is 0 Å². The lowest BCUT2D eigenvalue weighted by Crippen LogP contribution is -2.23. The van der Waals surface area contributed by atoms with Gasteiger partial charge in [0.15, 0.2) is 0 Å². The fourth-order valence-corrected chi connectivity index (χ4v) is 2.97. The number of aromatic nitrogens is 3. The standard InChI is InChI=1S/C14H20N4O2S/c1-10-12(21-14(17-10)9-20-3)8-15-13(19)5-4-11-6-7-16-18(11)2/h6-7H,4-5,8-9H2,1-3H3,(H,15,19). The number of nitrogens with one attached hydrogen (secondary N) is 1. The van der Waals surface area contributed by atoms with E-state index in [1.54, 1.807) is 29.3 Å². The first-order valence-electron chi connectivity index (χ1n) is 6.78. The second-order valence-corrected chi connectivity index (χ2v) is 5.94. The van der Waals surface area contributed by atoms with Crippen molar-refractivity contribution >= 4 is 17.2 Å². The Kier molecular flexibility index (Phi) is 5.46. The highest BCUT2D eigenvalue weighted by Gasteiger charge is 2.09. The number of rotatable bonds is 7. The van der Waals surface area contributed by atoms with Crippen molar-refractivity contribution in [2.45, 2.75) is 32.9 Å². The Hall–Kier alpha value is -1.73. The molecule has 0 saturated heterocycles. The normalized spacial score (nSPS) is 10.8. The van der Waals surface area contributed by atoms with Crippen LogP contribution in [0.1, 0.15) is 27.7 Å². The number of thiazole rings is 1. The number of nitrogens with zero attached hydrogens (tertiary/aromatic N) is 3. The molecule has 1 amide bonds. The summed E-state index contributed by atoms with van der Waals surface area (Å²) in [4.78, 5) is 17.4. The minimum Gasteiger partial charge on any atom is -0.378 e. The number of amides is 1. The molecular weight excluding hydrogens is 288 g/mol. The third-order valence-corrected chi connectivity index (χ3v) is 4.31. The van der Waals surface area contributed by atoms with Crippen molar-refractivity contribution in [3.05, 3.63) is 33.5 Å². The lowest BCUT2D eigenvalue weighted by Gasteiger charge is -2.04. The Labute approximate surface area is 128 Å². The molecule has 0 aliphatic rings. The maximum atomic E-state index is 11.9. The van der Waals surface area contributed by atoms with E-state index < -0.39 is 0 Å². The second kappa shape index (κ2) is 7.33. The van der Waals surface area contributed by atoms with E-state index in [1.165, 1.54) is 0 Å². The third kappa shape index (κ3) is 4.37. The van der Waals surface area contributed by atoms with Crippen LogP contribution in [0, 0.1) is 6.92 Å². The van der Waals surface area contributed by atoms with Crippen molar-refractivity contribution in [2.75, 3.05) is 7.11 Å². The Morgan fingerprint density at radius 3 is 3.00 bits per heavy atom. The van der Waals surface area contributed by atoms with Crippen molar-refractivity contribution in [3.63, 3.8) is 0 Å². The van der Waals surface area contributed by atoms with Gasteiger partial charge in [-0.2, -0.15) is 5.10 Å². The molecule has 2 rings (SSSR count). The van der Waals surface area contributed by atoms with Crippen molar-refractivity contribution in [2.24, 2.45) is 7.05 Å². The van der Waals surface area contributed by atoms with E-state index in [1.807, 2.05) is 20.0 Å². The van der Waals surface area contributed by atoms with Crippen LogP contribution in [-0.2, 0) is 36.2 Å². The number of carbonyl (C=O) groups is 1. The van der Waals surface area contributed by atoms with E-state index in [0.717, 1.165) is 21.3 Å². The molecule has 1 N–H and O–H groups in total. The number of ether oxygens (including phenoxy) is 1. The van der Waals surface area contributed by atoms with E-state index in [-0.39, 0.29) is 5.91 Å². The molecule has 2 heterocycles. The van der Waals surface area contributed by atoms with E-state index >= 15 is 0 Å². The average molecular weight is 308 g/mol. The van der Waals surface area contributed by atoms with Crippen LogP contribution >= 0.6 is 11.3 Å². The monoisotopic (exact) mass is 308 g/mol. The highest BCUT2D eigenvalue weighted by molar-refractivity contribution is 7.11. The Morgan fingerprint density at radius 1 is 1.52 bits per heavy atom. The summed E-state index contributed by atoms with van der Waals surface area (Å²) in [5.41, 5.74) is 2.01. The fraction of sp³-hybridized carbons (Fsp3) is 0.500. The minimum absolute atomic E-state index is 0.0392. The third-order valence-electron chi connectivity index (χ3n) is 3.18. The Balaban J connectivity index is 1.80. The smallest absolute Gasteiger partial charge is 0.220 e. The van der Waals surface area contributed by atoms with Crippen LogP contribution in [0.2, 0.25) is 0 Å². The highest BCUT2D eigenvalue weighted by Crippen LogP contribution is 2.18. The maximum absolute atomic E-state index is 11.9. The lowest BCUT2D eigenvalue weighted by molar-refractivity contribution is -0.121. The number of aryl methyl sites for hydroxylation is 3. The first-order chi connectivity index (χ1) is 10.1. The molecule has 0 saturated carbocycles. The summed E-state index contributed by atoms with van der Waals surface area (Å²) < 4.78 is 6.85. The van der Waals surface area contributed by atoms with Gasteiger partial charge in [-0.1, -0.05) is 0 Å². The lowest BCUT2D eigenvalue weighted by atomic mass is 10.2. The van der Waals surface area contributed by atoms with E-state index in [2.05, 4.69) is 15.4 Å². The SMILES string of the molecule is COCc1nc(C)c(CNC(=O)CCc2ccnn2C)s1. The molecule has 114 valence electrons. The zero-order valence-electron chi connectivity index (χ0n) is 12.5. The van der Waals surface area contributed by atoms with Crippen molar-refractivity contribution in [3.8, 4) is 0 Å². The zero-order valence-corrected chi connectivity index (χ0v) is 13.4. The quantitative estimate of drug-likeness (QED) is 0.843. The van der Waals surface area contributed by atoms with Gasteiger partial charge in [-0.05, 0) is 19.4 Å². The molecule has 0 unspecified atom stereocenters. The molecular formula is C14H20N4O2S. The largest absolute Gasteiger partial charge is 0.378 e. The van der Waals surface area contributed by atoms with Gasteiger partial charge in [-0.15, -0.1) is 11.3 Å². The minimum atomic E-state index is 0.0392. The molecule has 2 aromatic rings. The topological polar surface area (TPSA) is 69.0 Å². The van der Waals surface area contributed by atoms with Crippen LogP contribution in [0.3, 0.4) is 0 Å². The first-order valence-corrected chi connectivity index (χ1v) is 7.59. The van der Waals surface area contributed by atoms with Gasteiger partial charge in [-0.3, -0.25) is 9.48 Å². The van der Waals surface area contributed by atoms with Gasteiger partial charge in [0.2, 0.25) is 5.91 Å². The van der Waals surface area contributed by atoms with Gasteiger partial charge in [0, 0.05) is 37.3 Å². The van der Waals surface area contributed by atoms with Gasteiger partial charge in [0.1, 0.15) is 5.01 Å². The zero-order chi connectivity index (χ0) is 15.2. The Bertz CT molecular complexity index is 606. The number of carbonyl (C=O) groups excluding carboxylic acids is 1. The van der Waals surface area contributed by atoms with Gasteiger partial charge in [0.05, 0.1) is 18.8 Å². The summed E-state index contributed by atoms with van der Waals surface area (Å²) in [5.74, 6) is 0.0392. The van der Waals surface area contributed by atoms with Crippen molar-refractivity contribution < 1.29 is 9.53 Å². The molecule has 0 atom stereocenters. The molecule has 0 fully saturated rings. The number of hydrogen-bond donors (Lipinski definition) is 1. The summed E-state index contributed by atoms with van der Waals surface area (Å²) in [6.07, 6.45) is 2.90. The van der Waals surface area contributed by atoms with Crippen molar-refractivity contribution in [1.82, 2.24) is 20.1 Å². The molecule has 6 nitrogen and oxygen atoms in total. The summed E-state index contributed by atoms with van der Waals surface area (Å²) in [6.45, 7) is 2.99. The predicted molar refractivity (Wildman–Crippen MR) is 80.9 cm³/mol. The van der Waals surface area contributed by atoms with Crippen LogP contribution in [0.5, 0.6) is 0 Å². The van der Waals surface area contributed by atoms with Gasteiger partial charge >= 0.3 is 0 Å². The summed E-state index contributed by atoms with van der Waals surface area (Å²) in [6, 6.07) is 1.93. The average Bonchev–Trinajstić information content (AvgIpc) is 3.01.